The molecule has 3 atom stereocenters. The first-order valence-corrected chi connectivity index (χ1v) is 8.14. The highest BCUT2D eigenvalue weighted by Gasteiger charge is 2.27. The standard InChI is InChI=1S/C16H24Cl2N2O2/c1-5-10(2)16(4,22)9-19-15(21)20-11(3)13-7-6-12(17)8-14(13)18/h6-8,10-11,22H,5,9H2,1-4H3,(H2,19,20,21). The predicted octanol–water partition coefficient (Wildman–Crippen LogP) is 4.15. The van der Waals surface area contributed by atoms with E-state index in [-0.39, 0.29) is 24.5 Å². The highest BCUT2D eigenvalue weighted by atomic mass is 35.5. The number of hydrogen-bond acceptors (Lipinski definition) is 2. The van der Waals surface area contributed by atoms with Gasteiger partial charge in [0.05, 0.1) is 11.6 Å². The van der Waals surface area contributed by atoms with Crippen molar-refractivity contribution in [2.75, 3.05) is 6.54 Å². The lowest BCUT2D eigenvalue weighted by Crippen LogP contribution is -2.48. The van der Waals surface area contributed by atoms with E-state index in [4.69, 9.17) is 23.2 Å². The summed E-state index contributed by atoms with van der Waals surface area (Å²) in [6.07, 6.45) is 0.840. The Bertz CT molecular complexity index is 521. The fourth-order valence-electron chi connectivity index (χ4n) is 2.05. The summed E-state index contributed by atoms with van der Waals surface area (Å²) >= 11 is 12.0. The van der Waals surface area contributed by atoms with E-state index < -0.39 is 5.60 Å². The molecule has 1 aromatic carbocycles. The van der Waals surface area contributed by atoms with Gasteiger partial charge in [0.25, 0.3) is 0 Å². The molecule has 0 aliphatic rings. The average molecular weight is 347 g/mol. The van der Waals surface area contributed by atoms with Crippen LogP contribution < -0.4 is 10.6 Å². The van der Waals surface area contributed by atoms with Crippen LogP contribution in [0.3, 0.4) is 0 Å². The van der Waals surface area contributed by atoms with Gasteiger partial charge in [-0.15, -0.1) is 0 Å². The number of benzene rings is 1. The monoisotopic (exact) mass is 346 g/mol. The molecular formula is C16H24Cl2N2O2. The first-order chi connectivity index (χ1) is 10.2. The summed E-state index contributed by atoms with van der Waals surface area (Å²) in [5.41, 5.74) is -0.150. The Balaban J connectivity index is 2.58. The van der Waals surface area contributed by atoms with Gasteiger partial charge in [-0.05, 0) is 37.5 Å². The second-order valence-corrected chi connectivity index (χ2v) is 6.72. The van der Waals surface area contributed by atoms with Crippen molar-refractivity contribution in [1.82, 2.24) is 10.6 Å². The van der Waals surface area contributed by atoms with Crippen molar-refractivity contribution in [3.8, 4) is 0 Å². The Morgan fingerprint density at radius 3 is 2.55 bits per heavy atom. The van der Waals surface area contributed by atoms with Crippen LogP contribution in [-0.4, -0.2) is 23.3 Å². The van der Waals surface area contributed by atoms with Crippen LogP contribution in [0.1, 0.15) is 45.7 Å². The SMILES string of the molecule is CCC(C)C(C)(O)CNC(=O)NC(C)c1ccc(Cl)cc1Cl. The van der Waals surface area contributed by atoms with Crippen LogP contribution in [0.25, 0.3) is 0 Å². The Morgan fingerprint density at radius 2 is 2.00 bits per heavy atom. The van der Waals surface area contributed by atoms with Gasteiger partial charge in [-0.25, -0.2) is 4.79 Å². The topological polar surface area (TPSA) is 61.4 Å². The minimum Gasteiger partial charge on any atom is -0.388 e. The van der Waals surface area contributed by atoms with Gasteiger partial charge >= 0.3 is 6.03 Å². The molecule has 0 aromatic heterocycles. The van der Waals surface area contributed by atoms with Crippen molar-refractivity contribution < 1.29 is 9.90 Å². The van der Waals surface area contributed by atoms with Crippen LogP contribution in [0.5, 0.6) is 0 Å². The Labute approximate surface area is 142 Å². The lowest BCUT2D eigenvalue weighted by molar-refractivity contribution is 0.00785. The zero-order valence-electron chi connectivity index (χ0n) is 13.4. The van der Waals surface area contributed by atoms with Crippen LogP contribution in [-0.2, 0) is 0 Å². The van der Waals surface area contributed by atoms with Crippen molar-refractivity contribution in [2.24, 2.45) is 5.92 Å². The summed E-state index contributed by atoms with van der Waals surface area (Å²) in [5.74, 6) is 0.0935. The molecule has 124 valence electrons. The number of carbonyl (C=O) groups is 1. The maximum Gasteiger partial charge on any atom is 0.315 e. The molecule has 2 amide bonds. The predicted molar refractivity (Wildman–Crippen MR) is 91.5 cm³/mol. The van der Waals surface area contributed by atoms with E-state index in [0.29, 0.717) is 10.0 Å². The number of urea groups is 1. The summed E-state index contributed by atoms with van der Waals surface area (Å²) < 4.78 is 0. The molecule has 0 radical (unpaired) electrons. The first kappa shape index (κ1) is 19.1. The van der Waals surface area contributed by atoms with Gasteiger partial charge in [-0.3, -0.25) is 0 Å². The molecule has 0 fully saturated rings. The molecule has 3 unspecified atom stereocenters. The molecule has 0 heterocycles. The second kappa shape index (κ2) is 8.04. The third-order valence-corrected chi connectivity index (χ3v) is 4.62. The van der Waals surface area contributed by atoms with Crippen molar-refractivity contribution in [3.05, 3.63) is 33.8 Å². The van der Waals surface area contributed by atoms with Gasteiger partial charge in [0.15, 0.2) is 0 Å². The smallest absolute Gasteiger partial charge is 0.315 e. The minimum absolute atomic E-state index is 0.0935. The zero-order valence-corrected chi connectivity index (χ0v) is 14.9. The van der Waals surface area contributed by atoms with Gasteiger partial charge in [-0.2, -0.15) is 0 Å². The molecule has 3 N–H and O–H groups in total. The van der Waals surface area contributed by atoms with Gasteiger partial charge in [0, 0.05) is 16.6 Å². The molecule has 0 saturated carbocycles. The molecule has 22 heavy (non-hydrogen) atoms. The quantitative estimate of drug-likeness (QED) is 0.724. The third kappa shape index (κ3) is 5.34. The molecule has 0 bridgehead atoms. The van der Waals surface area contributed by atoms with E-state index in [1.54, 1.807) is 25.1 Å². The summed E-state index contributed by atoms with van der Waals surface area (Å²) in [6, 6.07) is 4.54. The summed E-state index contributed by atoms with van der Waals surface area (Å²) in [6.45, 7) is 7.71. The lowest BCUT2D eigenvalue weighted by atomic mass is 9.89. The van der Waals surface area contributed by atoms with Crippen molar-refractivity contribution in [2.45, 2.75) is 45.8 Å². The van der Waals surface area contributed by atoms with Gasteiger partial charge in [0.2, 0.25) is 0 Å². The van der Waals surface area contributed by atoms with Gasteiger partial charge in [0.1, 0.15) is 0 Å². The van der Waals surface area contributed by atoms with E-state index in [1.165, 1.54) is 0 Å². The minimum atomic E-state index is -0.937. The molecule has 6 heteroatoms. The number of hydrogen-bond donors (Lipinski definition) is 3. The fourth-order valence-corrected chi connectivity index (χ4v) is 2.62. The van der Waals surface area contributed by atoms with Crippen LogP contribution in [0.2, 0.25) is 10.0 Å². The number of halogens is 2. The molecular weight excluding hydrogens is 323 g/mol. The molecule has 0 aliphatic carbocycles. The first-order valence-electron chi connectivity index (χ1n) is 7.39. The Morgan fingerprint density at radius 1 is 1.36 bits per heavy atom. The van der Waals surface area contributed by atoms with E-state index in [9.17, 15) is 9.90 Å². The van der Waals surface area contributed by atoms with Crippen LogP contribution in [0.15, 0.2) is 18.2 Å². The number of rotatable bonds is 6. The maximum absolute atomic E-state index is 12.0. The van der Waals surface area contributed by atoms with Gasteiger partial charge < -0.3 is 15.7 Å². The highest BCUT2D eigenvalue weighted by Crippen LogP contribution is 2.26. The molecule has 0 spiro atoms. The van der Waals surface area contributed by atoms with E-state index in [1.807, 2.05) is 20.8 Å². The van der Waals surface area contributed by atoms with Crippen molar-refractivity contribution in [3.63, 3.8) is 0 Å². The normalized spacial score (nSPS) is 16.5. The van der Waals surface area contributed by atoms with E-state index >= 15 is 0 Å². The lowest BCUT2D eigenvalue weighted by Gasteiger charge is -2.30. The number of aliphatic hydroxyl groups is 1. The van der Waals surface area contributed by atoms with E-state index in [0.717, 1.165) is 12.0 Å². The maximum atomic E-state index is 12.0. The second-order valence-electron chi connectivity index (χ2n) is 5.88. The molecule has 4 nitrogen and oxygen atoms in total. The molecule has 1 aromatic rings. The van der Waals surface area contributed by atoms with Crippen molar-refractivity contribution in [1.29, 1.82) is 0 Å². The summed E-state index contributed by atoms with van der Waals surface area (Å²) in [4.78, 5) is 12.0. The third-order valence-electron chi connectivity index (χ3n) is 4.06. The average Bonchev–Trinajstić information content (AvgIpc) is 2.44. The van der Waals surface area contributed by atoms with Crippen LogP contribution in [0, 0.1) is 5.92 Å². The summed E-state index contributed by atoms with van der Waals surface area (Å²) in [5, 5.41) is 16.8. The molecule has 1 rings (SSSR count). The van der Waals surface area contributed by atoms with Crippen molar-refractivity contribution >= 4 is 29.2 Å². The largest absolute Gasteiger partial charge is 0.388 e. The fraction of sp³-hybridized carbons (Fsp3) is 0.562. The van der Waals surface area contributed by atoms with E-state index in [2.05, 4.69) is 10.6 Å². The Hall–Kier alpha value is -0.970. The van der Waals surface area contributed by atoms with Gasteiger partial charge in [-0.1, -0.05) is 49.5 Å². The number of amides is 2. The number of carbonyl (C=O) groups excluding carboxylic acids is 1. The van der Waals surface area contributed by atoms with Crippen LogP contribution >= 0.6 is 23.2 Å². The molecule has 0 saturated heterocycles. The number of nitrogens with one attached hydrogen (secondary N) is 2. The summed E-state index contributed by atoms with van der Waals surface area (Å²) in [7, 11) is 0. The molecule has 0 aliphatic heterocycles. The Kier molecular flexibility index (Phi) is 6.98. The van der Waals surface area contributed by atoms with Crippen LogP contribution in [0.4, 0.5) is 4.79 Å². The zero-order chi connectivity index (χ0) is 16.9. The highest BCUT2D eigenvalue weighted by molar-refractivity contribution is 6.35.